The van der Waals surface area contributed by atoms with Gasteiger partial charge in [0, 0.05) is 24.2 Å². The van der Waals surface area contributed by atoms with E-state index in [2.05, 4.69) is 10.5 Å². The Hall–Kier alpha value is -2.50. The molecule has 2 rings (SSSR count). The molecule has 0 aliphatic carbocycles. The molecular formula is C18H25N3O3. The highest BCUT2D eigenvalue weighted by Gasteiger charge is 2.19. The van der Waals surface area contributed by atoms with Gasteiger partial charge in [-0.15, -0.1) is 0 Å². The Morgan fingerprint density at radius 2 is 2.17 bits per heavy atom. The van der Waals surface area contributed by atoms with Crippen molar-refractivity contribution < 1.29 is 14.1 Å². The fourth-order valence-electron chi connectivity index (χ4n) is 2.30. The summed E-state index contributed by atoms with van der Waals surface area (Å²) in [6, 6.07) is 9.43. The highest BCUT2D eigenvalue weighted by atomic mass is 16.5. The van der Waals surface area contributed by atoms with E-state index < -0.39 is 0 Å². The molecule has 1 N–H and O–H groups in total. The molecule has 1 aromatic heterocycles. The van der Waals surface area contributed by atoms with E-state index >= 15 is 0 Å². The standard InChI is InChI=1S/C18H25N3O3/c1-5-9-19-18(22)21(13(2)3)12-15-11-17(24-20-15)14-7-6-8-16(10-14)23-4/h6-8,10-11,13H,5,9,12H2,1-4H3,(H,19,22). The number of ether oxygens (including phenoxy) is 1. The topological polar surface area (TPSA) is 67.6 Å². The molecule has 0 saturated heterocycles. The third-order valence-corrected chi connectivity index (χ3v) is 3.66. The Morgan fingerprint density at radius 3 is 2.83 bits per heavy atom. The number of carbonyl (C=O) groups excluding carboxylic acids is 1. The van der Waals surface area contributed by atoms with Crippen LogP contribution in [-0.2, 0) is 6.54 Å². The van der Waals surface area contributed by atoms with Gasteiger partial charge < -0.3 is 19.5 Å². The van der Waals surface area contributed by atoms with Crippen molar-refractivity contribution >= 4 is 6.03 Å². The molecule has 0 fully saturated rings. The van der Waals surface area contributed by atoms with Crippen molar-refractivity contribution in [2.24, 2.45) is 0 Å². The van der Waals surface area contributed by atoms with Crippen LogP contribution in [0.5, 0.6) is 5.75 Å². The van der Waals surface area contributed by atoms with Gasteiger partial charge in [-0.3, -0.25) is 0 Å². The van der Waals surface area contributed by atoms with E-state index in [-0.39, 0.29) is 12.1 Å². The Morgan fingerprint density at radius 1 is 1.38 bits per heavy atom. The molecule has 2 amide bonds. The summed E-state index contributed by atoms with van der Waals surface area (Å²) < 4.78 is 10.7. The van der Waals surface area contributed by atoms with Gasteiger partial charge in [0.05, 0.1) is 13.7 Å². The largest absolute Gasteiger partial charge is 0.497 e. The molecule has 6 nitrogen and oxygen atoms in total. The van der Waals surface area contributed by atoms with E-state index in [1.165, 1.54) is 0 Å². The smallest absolute Gasteiger partial charge is 0.317 e. The zero-order chi connectivity index (χ0) is 17.5. The van der Waals surface area contributed by atoms with E-state index in [1.54, 1.807) is 12.0 Å². The summed E-state index contributed by atoms with van der Waals surface area (Å²) in [4.78, 5) is 14.0. The first-order valence-corrected chi connectivity index (χ1v) is 8.19. The second-order valence-electron chi connectivity index (χ2n) is 5.87. The van der Waals surface area contributed by atoms with Crippen molar-refractivity contribution in [3.63, 3.8) is 0 Å². The van der Waals surface area contributed by atoms with Crippen molar-refractivity contribution in [2.45, 2.75) is 39.8 Å². The van der Waals surface area contributed by atoms with Crippen LogP contribution in [0.15, 0.2) is 34.9 Å². The predicted octanol–water partition coefficient (Wildman–Crippen LogP) is 3.68. The van der Waals surface area contributed by atoms with Crippen LogP contribution < -0.4 is 10.1 Å². The summed E-state index contributed by atoms with van der Waals surface area (Å²) in [5.41, 5.74) is 1.60. The number of rotatable bonds is 7. The van der Waals surface area contributed by atoms with Crippen LogP contribution >= 0.6 is 0 Å². The predicted molar refractivity (Wildman–Crippen MR) is 92.9 cm³/mol. The molecule has 0 aliphatic rings. The number of carbonyl (C=O) groups is 1. The molecule has 0 bridgehead atoms. The molecular weight excluding hydrogens is 306 g/mol. The van der Waals surface area contributed by atoms with E-state index in [4.69, 9.17) is 9.26 Å². The summed E-state index contributed by atoms with van der Waals surface area (Å²) in [7, 11) is 1.63. The lowest BCUT2D eigenvalue weighted by atomic mass is 10.1. The summed E-state index contributed by atoms with van der Waals surface area (Å²) in [6.45, 7) is 7.05. The van der Waals surface area contributed by atoms with Gasteiger partial charge in [-0.1, -0.05) is 24.2 Å². The maximum absolute atomic E-state index is 12.2. The minimum atomic E-state index is -0.0854. The normalized spacial score (nSPS) is 10.7. The van der Waals surface area contributed by atoms with Gasteiger partial charge in [-0.25, -0.2) is 4.79 Å². The zero-order valence-corrected chi connectivity index (χ0v) is 14.7. The van der Waals surface area contributed by atoms with Crippen LogP contribution in [0.1, 0.15) is 32.9 Å². The molecule has 0 radical (unpaired) electrons. The van der Waals surface area contributed by atoms with Crippen molar-refractivity contribution in [3.8, 4) is 17.1 Å². The van der Waals surface area contributed by atoms with Crippen LogP contribution in [0, 0.1) is 0 Å². The minimum Gasteiger partial charge on any atom is -0.497 e. The van der Waals surface area contributed by atoms with Gasteiger partial charge in [0.15, 0.2) is 5.76 Å². The molecule has 0 aliphatic heterocycles. The quantitative estimate of drug-likeness (QED) is 0.840. The van der Waals surface area contributed by atoms with Crippen LogP contribution in [0.3, 0.4) is 0 Å². The Balaban J connectivity index is 2.12. The molecule has 1 aromatic carbocycles. The highest BCUT2D eigenvalue weighted by molar-refractivity contribution is 5.74. The maximum Gasteiger partial charge on any atom is 0.317 e. The van der Waals surface area contributed by atoms with Crippen molar-refractivity contribution in [2.75, 3.05) is 13.7 Å². The van der Waals surface area contributed by atoms with Crippen molar-refractivity contribution in [1.29, 1.82) is 0 Å². The van der Waals surface area contributed by atoms with E-state index in [0.29, 0.717) is 24.5 Å². The third-order valence-electron chi connectivity index (χ3n) is 3.66. The Bertz CT molecular complexity index is 667. The molecule has 0 spiro atoms. The number of amides is 2. The van der Waals surface area contributed by atoms with Crippen LogP contribution in [0.4, 0.5) is 4.79 Å². The number of nitrogens with zero attached hydrogens (tertiary/aromatic N) is 2. The number of urea groups is 1. The van der Waals surface area contributed by atoms with Crippen LogP contribution in [-0.4, -0.2) is 35.8 Å². The summed E-state index contributed by atoms with van der Waals surface area (Å²) >= 11 is 0. The first-order valence-electron chi connectivity index (χ1n) is 8.19. The second kappa shape index (κ2) is 8.38. The van der Waals surface area contributed by atoms with Crippen molar-refractivity contribution in [1.82, 2.24) is 15.4 Å². The SMILES string of the molecule is CCCNC(=O)N(Cc1cc(-c2cccc(OC)c2)on1)C(C)C. The first kappa shape index (κ1) is 17.8. The summed E-state index contributed by atoms with van der Waals surface area (Å²) in [5, 5.41) is 7.00. The van der Waals surface area contributed by atoms with E-state index in [9.17, 15) is 4.79 Å². The van der Waals surface area contributed by atoms with Gasteiger partial charge in [0.2, 0.25) is 0 Å². The van der Waals surface area contributed by atoms with Crippen molar-refractivity contribution in [3.05, 3.63) is 36.0 Å². The lowest BCUT2D eigenvalue weighted by molar-refractivity contribution is 0.178. The number of aromatic nitrogens is 1. The summed E-state index contributed by atoms with van der Waals surface area (Å²) in [5.74, 6) is 1.41. The molecule has 6 heteroatoms. The minimum absolute atomic E-state index is 0.0684. The van der Waals surface area contributed by atoms with Crippen LogP contribution in [0.25, 0.3) is 11.3 Å². The second-order valence-corrected chi connectivity index (χ2v) is 5.87. The average molecular weight is 331 g/mol. The van der Waals surface area contributed by atoms with E-state index in [0.717, 1.165) is 17.7 Å². The monoisotopic (exact) mass is 331 g/mol. The van der Waals surface area contributed by atoms with Gasteiger partial charge >= 0.3 is 6.03 Å². The molecule has 0 unspecified atom stereocenters. The molecule has 24 heavy (non-hydrogen) atoms. The molecule has 1 heterocycles. The van der Waals surface area contributed by atoms with Gasteiger partial charge in [0.1, 0.15) is 11.4 Å². The molecule has 130 valence electrons. The van der Waals surface area contributed by atoms with Gasteiger partial charge in [-0.2, -0.15) is 0 Å². The van der Waals surface area contributed by atoms with E-state index in [1.807, 2.05) is 51.1 Å². The number of nitrogens with one attached hydrogen (secondary N) is 1. The number of methoxy groups -OCH3 is 1. The Kier molecular flexibility index (Phi) is 6.23. The number of hydrogen-bond donors (Lipinski definition) is 1. The zero-order valence-electron chi connectivity index (χ0n) is 14.7. The molecule has 0 saturated carbocycles. The van der Waals surface area contributed by atoms with Gasteiger partial charge in [0.25, 0.3) is 0 Å². The Labute approximate surface area is 142 Å². The number of benzene rings is 1. The molecule has 2 aromatic rings. The fourth-order valence-corrected chi connectivity index (χ4v) is 2.30. The first-order chi connectivity index (χ1) is 11.5. The summed E-state index contributed by atoms with van der Waals surface area (Å²) in [6.07, 6.45) is 0.904. The average Bonchev–Trinajstić information content (AvgIpc) is 3.06. The lowest BCUT2D eigenvalue weighted by Gasteiger charge is -2.25. The van der Waals surface area contributed by atoms with Crippen LogP contribution in [0.2, 0.25) is 0 Å². The van der Waals surface area contributed by atoms with Gasteiger partial charge in [-0.05, 0) is 32.4 Å². The highest BCUT2D eigenvalue weighted by Crippen LogP contribution is 2.25. The third kappa shape index (κ3) is 4.50. The lowest BCUT2D eigenvalue weighted by Crippen LogP contribution is -2.43. The number of hydrogen-bond acceptors (Lipinski definition) is 4. The maximum atomic E-state index is 12.2. The fraction of sp³-hybridized carbons (Fsp3) is 0.444. The molecule has 0 atom stereocenters.